The van der Waals surface area contributed by atoms with Crippen molar-refractivity contribution in [1.82, 2.24) is 20.6 Å². The van der Waals surface area contributed by atoms with Gasteiger partial charge in [-0.3, -0.25) is 14.9 Å². The van der Waals surface area contributed by atoms with Gasteiger partial charge in [0.25, 0.3) is 0 Å². The molecule has 98 valence electrons. The zero-order valence-electron chi connectivity index (χ0n) is 10.1. The molecule has 7 heteroatoms. The molecule has 1 aromatic rings. The summed E-state index contributed by atoms with van der Waals surface area (Å²) in [5.41, 5.74) is 6.55. The van der Waals surface area contributed by atoms with Crippen molar-refractivity contribution in [3.05, 3.63) is 23.8 Å². The van der Waals surface area contributed by atoms with Gasteiger partial charge in [0.05, 0.1) is 18.2 Å². The number of nitrogens with one attached hydrogen (secondary N) is 2. The molecule has 1 aromatic heterocycles. The molecular formula is C12H13N5O2. The van der Waals surface area contributed by atoms with Crippen molar-refractivity contribution < 1.29 is 9.59 Å². The van der Waals surface area contributed by atoms with Gasteiger partial charge < -0.3 is 11.1 Å². The quantitative estimate of drug-likeness (QED) is 0.577. The number of primary amides is 1. The van der Waals surface area contributed by atoms with Crippen LogP contribution in [0.4, 0.5) is 0 Å². The van der Waals surface area contributed by atoms with Crippen molar-refractivity contribution in [2.24, 2.45) is 5.73 Å². The monoisotopic (exact) mass is 259 g/mol. The molecule has 2 atom stereocenters. The van der Waals surface area contributed by atoms with E-state index in [9.17, 15) is 9.59 Å². The van der Waals surface area contributed by atoms with Gasteiger partial charge in [0.1, 0.15) is 12.4 Å². The standard InChI is InChI=1S/C12H13N5O2/c1-2-7(3-10(13)18)17-12(19)11-8-4-14-6-16-9(8)5-15-11/h1,4,6-7,11,15H,3,5H2,(H2,13,18)(H,17,19)/t7-,11?/m1/s1. The van der Waals surface area contributed by atoms with Crippen molar-refractivity contribution in [1.29, 1.82) is 0 Å². The van der Waals surface area contributed by atoms with Crippen LogP contribution in [0, 0.1) is 12.3 Å². The van der Waals surface area contributed by atoms with Crippen LogP contribution in [0.15, 0.2) is 12.5 Å². The molecule has 0 bridgehead atoms. The molecular weight excluding hydrogens is 246 g/mol. The van der Waals surface area contributed by atoms with Crippen molar-refractivity contribution >= 4 is 11.8 Å². The van der Waals surface area contributed by atoms with E-state index >= 15 is 0 Å². The Hall–Kier alpha value is -2.46. The molecule has 0 spiro atoms. The summed E-state index contributed by atoms with van der Waals surface area (Å²) in [5.74, 6) is 1.43. The van der Waals surface area contributed by atoms with Gasteiger partial charge >= 0.3 is 0 Å². The van der Waals surface area contributed by atoms with Crippen LogP contribution < -0.4 is 16.4 Å². The number of carbonyl (C=O) groups excluding carboxylic acids is 2. The third kappa shape index (κ3) is 2.86. The van der Waals surface area contributed by atoms with Crippen molar-refractivity contribution in [3.63, 3.8) is 0 Å². The first-order valence-electron chi connectivity index (χ1n) is 5.68. The minimum atomic E-state index is -0.708. The van der Waals surface area contributed by atoms with Crippen LogP contribution in [0.1, 0.15) is 23.7 Å². The van der Waals surface area contributed by atoms with Crippen molar-refractivity contribution in [2.75, 3.05) is 0 Å². The van der Waals surface area contributed by atoms with E-state index in [2.05, 4.69) is 26.5 Å². The topological polar surface area (TPSA) is 110 Å². The molecule has 2 heterocycles. The first-order chi connectivity index (χ1) is 9.11. The predicted octanol–water partition coefficient (Wildman–Crippen LogP) is -1.39. The number of aromatic nitrogens is 2. The molecule has 0 aromatic carbocycles. The first kappa shape index (κ1) is 13.0. The summed E-state index contributed by atoms with van der Waals surface area (Å²) >= 11 is 0. The highest BCUT2D eigenvalue weighted by molar-refractivity contribution is 5.85. The zero-order valence-corrected chi connectivity index (χ0v) is 10.1. The van der Waals surface area contributed by atoms with E-state index in [0.29, 0.717) is 6.54 Å². The Labute approximate surface area is 110 Å². The molecule has 0 radical (unpaired) electrons. The van der Waals surface area contributed by atoms with E-state index in [1.165, 1.54) is 6.33 Å². The highest BCUT2D eigenvalue weighted by atomic mass is 16.2. The Morgan fingerprint density at radius 1 is 1.68 bits per heavy atom. The normalized spacial score (nSPS) is 18.2. The van der Waals surface area contributed by atoms with Gasteiger partial charge in [-0.2, -0.15) is 0 Å². The maximum absolute atomic E-state index is 12.1. The molecule has 7 nitrogen and oxygen atoms in total. The van der Waals surface area contributed by atoms with Crippen LogP contribution in [-0.4, -0.2) is 27.8 Å². The van der Waals surface area contributed by atoms with E-state index in [4.69, 9.17) is 12.2 Å². The van der Waals surface area contributed by atoms with Crippen LogP contribution in [0.5, 0.6) is 0 Å². The summed E-state index contributed by atoms with van der Waals surface area (Å²) in [5, 5.41) is 5.59. The van der Waals surface area contributed by atoms with Crippen molar-refractivity contribution in [2.45, 2.75) is 25.0 Å². The lowest BCUT2D eigenvalue weighted by molar-refractivity contribution is -0.123. The fraction of sp³-hybridized carbons (Fsp3) is 0.333. The van der Waals surface area contributed by atoms with Crippen molar-refractivity contribution in [3.8, 4) is 12.3 Å². The Balaban J connectivity index is 2.06. The predicted molar refractivity (Wildman–Crippen MR) is 66.2 cm³/mol. The minimum absolute atomic E-state index is 0.0902. The number of terminal acetylenes is 1. The van der Waals surface area contributed by atoms with E-state index in [1.54, 1.807) is 6.20 Å². The van der Waals surface area contributed by atoms with Gasteiger partial charge in [0, 0.05) is 18.3 Å². The largest absolute Gasteiger partial charge is 0.370 e. The van der Waals surface area contributed by atoms with E-state index in [-0.39, 0.29) is 12.3 Å². The lowest BCUT2D eigenvalue weighted by atomic mass is 10.1. The lowest BCUT2D eigenvalue weighted by Gasteiger charge is -2.15. The summed E-state index contributed by atoms with van der Waals surface area (Å²) in [4.78, 5) is 30.9. The Bertz CT molecular complexity index is 551. The maximum atomic E-state index is 12.1. The maximum Gasteiger partial charge on any atom is 0.242 e. The fourth-order valence-electron chi connectivity index (χ4n) is 1.91. The highest BCUT2D eigenvalue weighted by Gasteiger charge is 2.30. The van der Waals surface area contributed by atoms with Crippen LogP contribution in [0.25, 0.3) is 0 Å². The number of nitrogens with two attached hydrogens (primary N) is 1. The molecule has 0 saturated heterocycles. The molecule has 0 aliphatic carbocycles. The van der Waals surface area contributed by atoms with E-state index < -0.39 is 18.0 Å². The van der Waals surface area contributed by atoms with Crippen LogP contribution in [0.3, 0.4) is 0 Å². The zero-order chi connectivity index (χ0) is 13.8. The fourth-order valence-corrected chi connectivity index (χ4v) is 1.91. The van der Waals surface area contributed by atoms with Crippen LogP contribution in [-0.2, 0) is 16.1 Å². The summed E-state index contributed by atoms with van der Waals surface area (Å²) < 4.78 is 0. The molecule has 1 aliphatic rings. The number of nitrogens with zero attached hydrogens (tertiary/aromatic N) is 2. The number of carbonyl (C=O) groups is 2. The van der Waals surface area contributed by atoms with Crippen LogP contribution >= 0.6 is 0 Å². The Kier molecular flexibility index (Phi) is 3.73. The average molecular weight is 259 g/mol. The van der Waals surface area contributed by atoms with Gasteiger partial charge in [-0.05, 0) is 0 Å². The summed E-state index contributed by atoms with van der Waals surface area (Å²) in [6.07, 6.45) is 8.17. The first-order valence-corrected chi connectivity index (χ1v) is 5.68. The van der Waals surface area contributed by atoms with E-state index in [1.807, 2.05) is 0 Å². The molecule has 4 N–H and O–H groups in total. The number of amides is 2. The Morgan fingerprint density at radius 2 is 2.47 bits per heavy atom. The molecule has 19 heavy (non-hydrogen) atoms. The van der Waals surface area contributed by atoms with Gasteiger partial charge in [-0.15, -0.1) is 6.42 Å². The third-order valence-corrected chi connectivity index (χ3v) is 2.80. The summed E-state index contributed by atoms with van der Waals surface area (Å²) in [6, 6.07) is -1.26. The van der Waals surface area contributed by atoms with Gasteiger partial charge in [0.15, 0.2) is 0 Å². The lowest BCUT2D eigenvalue weighted by Crippen LogP contribution is -2.41. The molecule has 0 fully saturated rings. The molecule has 2 amide bonds. The SMILES string of the molecule is C#C[C@H](CC(N)=O)NC(=O)C1NCc2ncncc21. The smallest absolute Gasteiger partial charge is 0.242 e. The molecule has 2 rings (SSSR count). The van der Waals surface area contributed by atoms with Gasteiger partial charge in [0.2, 0.25) is 11.8 Å². The summed E-state index contributed by atoms with van der Waals surface area (Å²) in [6.45, 7) is 0.493. The van der Waals surface area contributed by atoms with Gasteiger partial charge in [-0.1, -0.05) is 5.92 Å². The second kappa shape index (κ2) is 5.46. The third-order valence-electron chi connectivity index (χ3n) is 2.80. The number of fused-ring (bicyclic) bond motifs is 1. The molecule has 1 aliphatic heterocycles. The average Bonchev–Trinajstić information content (AvgIpc) is 2.81. The van der Waals surface area contributed by atoms with E-state index in [0.717, 1.165) is 11.3 Å². The molecule has 0 saturated carbocycles. The van der Waals surface area contributed by atoms with Gasteiger partial charge in [-0.25, -0.2) is 9.97 Å². The minimum Gasteiger partial charge on any atom is -0.370 e. The number of hydrogen-bond donors (Lipinski definition) is 3. The summed E-state index contributed by atoms with van der Waals surface area (Å²) in [7, 11) is 0. The Morgan fingerprint density at radius 3 is 3.16 bits per heavy atom. The second-order valence-corrected chi connectivity index (χ2v) is 4.14. The van der Waals surface area contributed by atoms with Crippen LogP contribution in [0.2, 0.25) is 0 Å². The second-order valence-electron chi connectivity index (χ2n) is 4.14. The highest BCUT2D eigenvalue weighted by Crippen LogP contribution is 2.22. The molecule has 1 unspecified atom stereocenters. The number of rotatable bonds is 4. The number of hydrogen-bond acceptors (Lipinski definition) is 5.